The maximum absolute atomic E-state index is 8.70. The molecule has 2 N–H and O–H groups in total. The molecule has 0 bridgehead atoms. The van der Waals surface area contributed by atoms with Gasteiger partial charge in [0.05, 0.1) is 12.5 Å². The van der Waals surface area contributed by atoms with E-state index in [0.717, 1.165) is 11.3 Å². The van der Waals surface area contributed by atoms with E-state index in [0.29, 0.717) is 24.0 Å². The number of hydrogen-bond acceptors (Lipinski definition) is 3. The van der Waals surface area contributed by atoms with Gasteiger partial charge in [0, 0.05) is 29.3 Å². The molecule has 0 aliphatic rings. The highest BCUT2D eigenvalue weighted by Gasteiger charge is 2.13. The van der Waals surface area contributed by atoms with Crippen molar-refractivity contribution < 1.29 is 0 Å². The van der Waals surface area contributed by atoms with Crippen LogP contribution in [0.1, 0.15) is 38.8 Å². The van der Waals surface area contributed by atoms with E-state index in [1.165, 1.54) is 0 Å². The van der Waals surface area contributed by atoms with E-state index in [9.17, 15) is 0 Å². The second-order valence-corrected chi connectivity index (χ2v) is 5.10. The Balaban J connectivity index is 3.00. The van der Waals surface area contributed by atoms with Crippen molar-refractivity contribution >= 4 is 17.3 Å². The van der Waals surface area contributed by atoms with Crippen LogP contribution in [0.2, 0.25) is 5.02 Å². The highest BCUT2D eigenvalue weighted by molar-refractivity contribution is 6.31. The van der Waals surface area contributed by atoms with Crippen LogP contribution in [0, 0.1) is 11.3 Å². The quantitative estimate of drug-likeness (QED) is 0.887. The summed E-state index contributed by atoms with van der Waals surface area (Å²) in [5.74, 6) is 0. The summed E-state index contributed by atoms with van der Waals surface area (Å²) in [4.78, 5) is 2.17. The lowest BCUT2D eigenvalue weighted by molar-refractivity contribution is 0.686. The van der Waals surface area contributed by atoms with Crippen molar-refractivity contribution in [3.8, 4) is 6.07 Å². The molecule has 1 rings (SSSR count). The van der Waals surface area contributed by atoms with Crippen LogP contribution in [-0.4, -0.2) is 12.6 Å². The van der Waals surface area contributed by atoms with Crippen LogP contribution in [0.15, 0.2) is 18.2 Å². The molecule has 98 valence electrons. The highest BCUT2D eigenvalue weighted by Crippen LogP contribution is 2.28. The summed E-state index contributed by atoms with van der Waals surface area (Å²) >= 11 is 6.24. The van der Waals surface area contributed by atoms with E-state index in [1.807, 2.05) is 25.1 Å². The summed E-state index contributed by atoms with van der Waals surface area (Å²) in [5, 5.41) is 9.38. The Hall–Kier alpha value is -1.24. The average molecular weight is 266 g/mol. The number of benzene rings is 1. The van der Waals surface area contributed by atoms with Crippen LogP contribution in [0.5, 0.6) is 0 Å². The van der Waals surface area contributed by atoms with Crippen molar-refractivity contribution in [2.24, 2.45) is 5.73 Å². The molecule has 0 spiro atoms. The number of nitrogens with zero attached hydrogens (tertiary/aromatic N) is 2. The number of nitriles is 1. The highest BCUT2D eigenvalue weighted by atomic mass is 35.5. The van der Waals surface area contributed by atoms with Crippen molar-refractivity contribution in [2.45, 2.75) is 39.3 Å². The number of rotatable bonds is 5. The molecular formula is C14H20ClN3. The normalized spacial score (nSPS) is 12.3. The largest absolute Gasteiger partial charge is 0.368 e. The van der Waals surface area contributed by atoms with E-state index >= 15 is 0 Å². The molecule has 0 aliphatic heterocycles. The van der Waals surface area contributed by atoms with E-state index < -0.39 is 0 Å². The van der Waals surface area contributed by atoms with Gasteiger partial charge in [-0.2, -0.15) is 5.26 Å². The topological polar surface area (TPSA) is 53.0 Å². The molecular weight excluding hydrogens is 246 g/mol. The Bertz CT molecular complexity index is 435. The van der Waals surface area contributed by atoms with E-state index in [-0.39, 0.29) is 6.04 Å². The minimum absolute atomic E-state index is 0.0711. The zero-order valence-electron chi connectivity index (χ0n) is 11.2. The predicted molar refractivity (Wildman–Crippen MR) is 76.8 cm³/mol. The lowest BCUT2D eigenvalue weighted by atomic mass is 10.1. The zero-order chi connectivity index (χ0) is 13.7. The third kappa shape index (κ3) is 3.63. The monoisotopic (exact) mass is 265 g/mol. The SMILES string of the molecule is CC(N)c1ccc(N(CCC#N)C(C)C)cc1Cl. The average Bonchev–Trinajstić information content (AvgIpc) is 2.28. The molecule has 0 heterocycles. The number of halogens is 1. The molecule has 0 saturated carbocycles. The number of anilines is 1. The number of nitrogens with two attached hydrogens (primary N) is 1. The summed E-state index contributed by atoms with van der Waals surface area (Å²) < 4.78 is 0. The van der Waals surface area contributed by atoms with Crippen LogP contribution in [0.25, 0.3) is 0 Å². The molecule has 1 atom stereocenters. The fourth-order valence-corrected chi connectivity index (χ4v) is 2.27. The Morgan fingerprint density at radius 2 is 2.06 bits per heavy atom. The van der Waals surface area contributed by atoms with Gasteiger partial charge in [0.1, 0.15) is 0 Å². The lowest BCUT2D eigenvalue weighted by Gasteiger charge is -2.28. The summed E-state index contributed by atoms with van der Waals surface area (Å²) in [7, 11) is 0. The molecule has 0 radical (unpaired) electrons. The third-order valence-electron chi connectivity index (χ3n) is 2.89. The zero-order valence-corrected chi connectivity index (χ0v) is 11.9. The molecule has 4 heteroatoms. The minimum atomic E-state index is -0.0711. The summed E-state index contributed by atoms with van der Waals surface area (Å²) in [6.07, 6.45) is 0.505. The van der Waals surface area contributed by atoms with Gasteiger partial charge in [-0.15, -0.1) is 0 Å². The van der Waals surface area contributed by atoms with Gasteiger partial charge in [-0.25, -0.2) is 0 Å². The van der Waals surface area contributed by atoms with Gasteiger partial charge in [-0.1, -0.05) is 17.7 Å². The van der Waals surface area contributed by atoms with Crippen molar-refractivity contribution in [2.75, 3.05) is 11.4 Å². The van der Waals surface area contributed by atoms with Crippen LogP contribution >= 0.6 is 11.6 Å². The van der Waals surface area contributed by atoms with Crippen molar-refractivity contribution in [1.82, 2.24) is 0 Å². The maximum Gasteiger partial charge on any atom is 0.0640 e. The Labute approximate surface area is 114 Å². The molecule has 0 saturated heterocycles. The van der Waals surface area contributed by atoms with Gasteiger partial charge in [0.25, 0.3) is 0 Å². The summed E-state index contributed by atoms with van der Waals surface area (Å²) in [5.41, 5.74) is 7.82. The van der Waals surface area contributed by atoms with Gasteiger partial charge >= 0.3 is 0 Å². The Kier molecular flexibility index (Phi) is 5.46. The van der Waals surface area contributed by atoms with Crippen LogP contribution in [0.4, 0.5) is 5.69 Å². The summed E-state index contributed by atoms with van der Waals surface area (Å²) in [6, 6.07) is 8.34. The molecule has 1 aromatic rings. The van der Waals surface area contributed by atoms with Crippen LogP contribution in [-0.2, 0) is 0 Å². The second-order valence-electron chi connectivity index (χ2n) is 4.69. The van der Waals surface area contributed by atoms with Crippen LogP contribution < -0.4 is 10.6 Å². The van der Waals surface area contributed by atoms with Crippen molar-refractivity contribution in [1.29, 1.82) is 5.26 Å². The van der Waals surface area contributed by atoms with Gasteiger partial charge in [-0.3, -0.25) is 0 Å². The van der Waals surface area contributed by atoms with Crippen molar-refractivity contribution in [3.05, 3.63) is 28.8 Å². The van der Waals surface area contributed by atoms with E-state index in [4.69, 9.17) is 22.6 Å². The first kappa shape index (κ1) is 14.8. The number of hydrogen-bond donors (Lipinski definition) is 1. The molecule has 1 aromatic carbocycles. The van der Waals surface area contributed by atoms with Crippen LogP contribution in [0.3, 0.4) is 0 Å². The molecule has 0 aliphatic carbocycles. The Morgan fingerprint density at radius 1 is 1.39 bits per heavy atom. The lowest BCUT2D eigenvalue weighted by Crippen LogP contribution is -2.31. The fraction of sp³-hybridized carbons (Fsp3) is 0.500. The molecule has 1 unspecified atom stereocenters. The van der Waals surface area contributed by atoms with Crippen molar-refractivity contribution in [3.63, 3.8) is 0 Å². The molecule has 0 amide bonds. The third-order valence-corrected chi connectivity index (χ3v) is 3.22. The second kappa shape index (κ2) is 6.63. The summed E-state index contributed by atoms with van der Waals surface area (Å²) in [6.45, 7) is 6.83. The standard InChI is InChI=1S/C14H20ClN3/c1-10(2)18(8-4-7-16)12-5-6-13(11(3)17)14(15)9-12/h5-6,9-11H,4,8,17H2,1-3H3. The fourth-order valence-electron chi connectivity index (χ4n) is 1.92. The minimum Gasteiger partial charge on any atom is -0.368 e. The van der Waals surface area contributed by atoms with Gasteiger partial charge in [-0.05, 0) is 38.5 Å². The maximum atomic E-state index is 8.70. The van der Waals surface area contributed by atoms with Gasteiger partial charge in [0.2, 0.25) is 0 Å². The van der Waals surface area contributed by atoms with Gasteiger partial charge < -0.3 is 10.6 Å². The smallest absolute Gasteiger partial charge is 0.0640 e. The molecule has 0 fully saturated rings. The molecule has 3 nitrogen and oxygen atoms in total. The predicted octanol–water partition coefficient (Wildman–Crippen LogP) is 3.49. The molecule has 0 aromatic heterocycles. The van der Waals surface area contributed by atoms with Gasteiger partial charge in [0.15, 0.2) is 0 Å². The molecule has 18 heavy (non-hydrogen) atoms. The first-order chi connectivity index (χ1) is 8.47. The van der Waals surface area contributed by atoms with E-state index in [1.54, 1.807) is 0 Å². The van der Waals surface area contributed by atoms with E-state index in [2.05, 4.69) is 24.8 Å². The first-order valence-electron chi connectivity index (χ1n) is 6.16. The Morgan fingerprint density at radius 3 is 2.50 bits per heavy atom. The first-order valence-corrected chi connectivity index (χ1v) is 6.53.